The molecule has 110 valence electrons. The Morgan fingerprint density at radius 2 is 2.14 bits per heavy atom. The van der Waals surface area contributed by atoms with Crippen molar-refractivity contribution in [2.45, 2.75) is 31.8 Å². The van der Waals surface area contributed by atoms with Crippen molar-refractivity contribution in [2.75, 3.05) is 5.32 Å². The minimum atomic E-state index is -0.912. The van der Waals surface area contributed by atoms with Crippen molar-refractivity contribution in [3.8, 4) is 5.69 Å². The maximum Gasteiger partial charge on any atom is 0.225 e. The first-order valence-electron chi connectivity index (χ1n) is 6.91. The molecule has 3 rings (SSSR count). The van der Waals surface area contributed by atoms with Gasteiger partial charge >= 0.3 is 0 Å². The summed E-state index contributed by atoms with van der Waals surface area (Å²) in [5.74, 6) is 1.52. The lowest BCUT2D eigenvalue weighted by Crippen LogP contribution is -2.15. The fraction of sp³-hybridized carbons (Fsp3) is 0.333. The Morgan fingerprint density at radius 3 is 2.86 bits per heavy atom. The summed E-state index contributed by atoms with van der Waals surface area (Å²) in [5, 5.41) is 7.48. The number of aromatic nitrogens is 2. The van der Waals surface area contributed by atoms with Crippen molar-refractivity contribution in [1.82, 2.24) is 9.78 Å². The summed E-state index contributed by atoms with van der Waals surface area (Å²) in [5.41, 5.74) is 3.73. The lowest BCUT2D eigenvalue weighted by atomic mass is 10.2. The predicted molar refractivity (Wildman–Crippen MR) is 82.8 cm³/mol. The van der Waals surface area contributed by atoms with Crippen LogP contribution in [0.4, 0.5) is 5.82 Å². The molecule has 6 heteroatoms. The Balaban J connectivity index is 2.13. The number of aryl methyl sites for hydroxylation is 1. The van der Waals surface area contributed by atoms with Crippen LogP contribution in [0, 0.1) is 6.92 Å². The molecule has 5 nitrogen and oxygen atoms in total. The zero-order chi connectivity index (χ0) is 15.0. The third-order valence-electron chi connectivity index (χ3n) is 3.59. The van der Waals surface area contributed by atoms with Gasteiger partial charge in [0.15, 0.2) is 0 Å². The molecule has 1 aliphatic heterocycles. The average Bonchev–Trinajstić information content (AvgIpc) is 2.97. The highest BCUT2D eigenvalue weighted by Gasteiger charge is 2.28. The highest BCUT2D eigenvalue weighted by atomic mass is 32.2. The second kappa shape index (κ2) is 5.44. The van der Waals surface area contributed by atoms with Crippen molar-refractivity contribution in [2.24, 2.45) is 0 Å². The summed E-state index contributed by atoms with van der Waals surface area (Å²) in [7, 11) is -0.912. The number of benzene rings is 1. The molecule has 1 N–H and O–H groups in total. The lowest BCUT2D eigenvalue weighted by molar-refractivity contribution is -0.115. The van der Waals surface area contributed by atoms with E-state index in [1.807, 2.05) is 38.1 Å². The van der Waals surface area contributed by atoms with Crippen LogP contribution < -0.4 is 5.32 Å². The zero-order valence-electron chi connectivity index (χ0n) is 12.0. The van der Waals surface area contributed by atoms with Crippen molar-refractivity contribution in [3.63, 3.8) is 0 Å². The van der Waals surface area contributed by atoms with E-state index < -0.39 is 10.8 Å². The first-order chi connectivity index (χ1) is 10.1. The number of hydrogen-bond donors (Lipinski definition) is 1. The molecule has 1 aliphatic rings. The van der Waals surface area contributed by atoms with E-state index in [1.165, 1.54) is 0 Å². The van der Waals surface area contributed by atoms with E-state index in [0.717, 1.165) is 22.5 Å². The van der Waals surface area contributed by atoms with Gasteiger partial charge in [-0.05, 0) is 18.6 Å². The smallest absolute Gasteiger partial charge is 0.225 e. The Bertz CT molecular complexity index is 737. The topological polar surface area (TPSA) is 64.0 Å². The number of carbonyl (C=O) groups is 1. The molecule has 1 amide bonds. The molecule has 0 saturated carbocycles. The molecule has 1 aromatic heterocycles. The van der Waals surface area contributed by atoms with Crippen LogP contribution in [0.1, 0.15) is 30.2 Å². The molecule has 1 atom stereocenters. The molecular weight excluding hydrogens is 286 g/mol. The number of fused-ring (bicyclic) bond motifs is 1. The van der Waals surface area contributed by atoms with Crippen LogP contribution in [0.5, 0.6) is 0 Å². The third kappa shape index (κ3) is 2.51. The van der Waals surface area contributed by atoms with Gasteiger partial charge in [0.25, 0.3) is 0 Å². The van der Waals surface area contributed by atoms with Crippen molar-refractivity contribution in [3.05, 3.63) is 41.1 Å². The minimum Gasteiger partial charge on any atom is -0.310 e. The number of amides is 1. The molecule has 0 bridgehead atoms. The summed E-state index contributed by atoms with van der Waals surface area (Å²) in [4.78, 5) is 11.8. The number of hydrogen-bond acceptors (Lipinski definition) is 3. The van der Waals surface area contributed by atoms with E-state index in [1.54, 1.807) is 4.68 Å². The fourth-order valence-corrected chi connectivity index (χ4v) is 3.72. The second-order valence-corrected chi connectivity index (χ2v) is 6.56. The van der Waals surface area contributed by atoms with E-state index in [2.05, 4.69) is 10.4 Å². The van der Waals surface area contributed by atoms with Crippen LogP contribution >= 0.6 is 0 Å². The van der Waals surface area contributed by atoms with Gasteiger partial charge in [0.2, 0.25) is 5.91 Å². The molecule has 1 aromatic carbocycles. The number of rotatable bonds is 3. The SMILES string of the molecule is CCC(=O)Nc1c2c(nn1-c1ccccc1C)CS(=O)C2. The molecule has 21 heavy (non-hydrogen) atoms. The minimum absolute atomic E-state index is 0.0646. The summed E-state index contributed by atoms with van der Waals surface area (Å²) in [6.07, 6.45) is 0.400. The first kappa shape index (κ1) is 14.0. The summed E-state index contributed by atoms with van der Waals surface area (Å²) in [6, 6.07) is 7.88. The van der Waals surface area contributed by atoms with Gasteiger partial charge in [-0.2, -0.15) is 5.10 Å². The van der Waals surface area contributed by atoms with E-state index in [0.29, 0.717) is 23.7 Å². The van der Waals surface area contributed by atoms with E-state index in [4.69, 9.17) is 0 Å². The van der Waals surface area contributed by atoms with Crippen molar-refractivity contribution < 1.29 is 9.00 Å². The van der Waals surface area contributed by atoms with Crippen LogP contribution in [-0.4, -0.2) is 19.9 Å². The van der Waals surface area contributed by atoms with Gasteiger partial charge < -0.3 is 5.32 Å². The summed E-state index contributed by atoms with van der Waals surface area (Å²) >= 11 is 0. The normalized spacial score (nSPS) is 16.8. The highest BCUT2D eigenvalue weighted by molar-refractivity contribution is 7.83. The molecule has 0 aliphatic carbocycles. The Morgan fingerprint density at radius 1 is 1.38 bits per heavy atom. The number of nitrogens with one attached hydrogen (secondary N) is 1. The van der Waals surface area contributed by atoms with Gasteiger partial charge in [-0.1, -0.05) is 25.1 Å². The predicted octanol–water partition coefficient (Wildman–Crippen LogP) is 2.29. The van der Waals surface area contributed by atoms with Crippen LogP contribution in [0.3, 0.4) is 0 Å². The van der Waals surface area contributed by atoms with Gasteiger partial charge in [-0.25, -0.2) is 4.68 Å². The van der Waals surface area contributed by atoms with Crippen molar-refractivity contribution >= 4 is 22.5 Å². The molecular formula is C15H17N3O2S. The second-order valence-electron chi connectivity index (χ2n) is 5.10. The Labute approximate surface area is 125 Å². The maximum absolute atomic E-state index is 11.8. The summed E-state index contributed by atoms with van der Waals surface area (Å²) in [6.45, 7) is 3.81. The van der Waals surface area contributed by atoms with Crippen LogP contribution in [0.25, 0.3) is 5.69 Å². The van der Waals surface area contributed by atoms with E-state index >= 15 is 0 Å². The molecule has 0 fully saturated rings. The highest BCUT2D eigenvalue weighted by Crippen LogP contribution is 2.32. The molecule has 0 saturated heterocycles. The van der Waals surface area contributed by atoms with Crippen LogP contribution in [0.2, 0.25) is 0 Å². The van der Waals surface area contributed by atoms with Crippen LogP contribution in [0.15, 0.2) is 24.3 Å². The molecule has 0 radical (unpaired) electrons. The Kier molecular flexibility index (Phi) is 3.63. The molecule has 2 heterocycles. The standard InChI is InChI=1S/C15H17N3O2S/c1-3-14(19)16-15-11-8-21(20)9-12(11)17-18(15)13-7-5-4-6-10(13)2/h4-7H,3,8-9H2,1-2H3,(H,16,19). The van der Waals surface area contributed by atoms with Gasteiger partial charge in [0.1, 0.15) is 5.82 Å². The van der Waals surface area contributed by atoms with Gasteiger partial charge in [-0.15, -0.1) is 0 Å². The average molecular weight is 303 g/mol. The van der Waals surface area contributed by atoms with E-state index in [-0.39, 0.29) is 5.91 Å². The van der Waals surface area contributed by atoms with Crippen LogP contribution in [-0.2, 0) is 27.1 Å². The fourth-order valence-electron chi connectivity index (χ4n) is 2.45. The number of para-hydroxylation sites is 1. The van der Waals surface area contributed by atoms with Gasteiger partial charge in [-0.3, -0.25) is 9.00 Å². The number of anilines is 1. The molecule has 2 aromatic rings. The molecule has 1 unspecified atom stereocenters. The lowest BCUT2D eigenvalue weighted by Gasteiger charge is -2.12. The zero-order valence-corrected chi connectivity index (χ0v) is 12.9. The number of nitrogens with zero attached hydrogens (tertiary/aromatic N) is 2. The van der Waals surface area contributed by atoms with Gasteiger partial charge in [0, 0.05) is 22.8 Å². The number of carbonyl (C=O) groups excluding carboxylic acids is 1. The largest absolute Gasteiger partial charge is 0.310 e. The molecule has 0 spiro atoms. The summed E-state index contributed by atoms with van der Waals surface area (Å²) < 4.78 is 13.5. The Hall–Kier alpha value is -1.95. The quantitative estimate of drug-likeness (QED) is 0.946. The van der Waals surface area contributed by atoms with Gasteiger partial charge in [0.05, 0.1) is 22.9 Å². The monoisotopic (exact) mass is 303 g/mol. The van der Waals surface area contributed by atoms with E-state index in [9.17, 15) is 9.00 Å². The maximum atomic E-state index is 11.8. The third-order valence-corrected chi connectivity index (χ3v) is 4.80. The first-order valence-corrected chi connectivity index (χ1v) is 8.40. The van der Waals surface area contributed by atoms with Crippen molar-refractivity contribution in [1.29, 1.82) is 0 Å².